The Bertz CT molecular complexity index is 1250. The van der Waals surface area contributed by atoms with E-state index in [1.807, 2.05) is 43.3 Å². The molecule has 0 fully saturated rings. The lowest BCUT2D eigenvalue weighted by Gasteiger charge is -2.10. The zero-order chi connectivity index (χ0) is 24.7. The SMILES string of the molecule is C=C(C)C(=O)O/C=C\Oc1ccc(-c2ccc(-c3ccc(OC(=O)C(=C)C)cc3C)cc2)cc1. The van der Waals surface area contributed by atoms with Gasteiger partial charge in [-0.15, -0.1) is 0 Å². The van der Waals surface area contributed by atoms with Crippen molar-refractivity contribution in [3.63, 3.8) is 0 Å². The number of esters is 2. The Morgan fingerprint density at radius 3 is 1.79 bits per heavy atom. The van der Waals surface area contributed by atoms with Crippen LogP contribution in [-0.2, 0) is 14.3 Å². The van der Waals surface area contributed by atoms with Gasteiger partial charge in [0.1, 0.15) is 24.0 Å². The smallest absolute Gasteiger partial charge is 0.338 e. The molecule has 0 aliphatic heterocycles. The number of aryl methyl sites for hydroxylation is 1. The predicted octanol–water partition coefficient (Wildman–Crippen LogP) is 6.78. The number of benzene rings is 3. The van der Waals surface area contributed by atoms with E-state index in [0.29, 0.717) is 22.6 Å². The largest absolute Gasteiger partial charge is 0.462 e. The van der Waals surface area contributed by atoms with Crippen LogP contribution in [0.3, 0.4) is 0 Å². The van der Waals surface area contributed by atoms with Crippen LogP contribution in [0, 0.1) is 6.92 Å². The van der Waals surface area contributed by atoms with Crippen molar-refractivity contribution in [2.75, 3.05) is 0 Å². The standard InChI is InChI=1S/C29H26O5/c1-19(2)28(30)33-17-16-32-25-12-10-23(11-13-25)22-6-8-24(9-7-22)27-15-14-26(18-21(27)5)34-29(31)20(3)4/h6-18H,1,3H2,2,4-5H3/b17-16-. The zero-order valence-corrected chi connectivity index (χ0v) is 19.5. The lowest BCUT2D eigenvalue weighted by Crippen LogP contribution is -2.08. The average molecular weight is 455 g/mol. The minimum atomic E-state index is -0.504. The van der Waals surface area contributed by atoms with E-state index < -0.39 is 11.9 Å². The second kappa shape index (κ2) is 11.0. The topological polar surface area (TPSA) is 61.8 Å². The maximum Gasteiger partial charge on any atom is 0.338 e. The van der Waals surface area contributed by atoms with Crippen LogP contribution < -0.4 is 9.47 Å². The van der Waals surface area contributed by atoms with Gasteiger partial charge in [-0.3, -0.25) is 0 Å². The van der Waals surface area contributed by atoms with Crippen LogP contribution in [0.15, 0.2) is 104 Å². The van der Waals surface area contributed by atoms with Gasteiger partial charge in [0.05, 0.1) is 0 Å². The summed E-state index contributed by atoms with van der Waals surface area (Å²) >= 11 is 0. The fourth-order valence-corrected chi connectivity index (χ4v) is 3.08. The van der Waals surface area contributed by atoms with E-state index in [1.54, 1.807) is 19.9 Å². The van der Waals surface area contributed by atoms with E-state index in [0.717, 1.165) is 27.8 Å². The molecular formula is C29H26O5. The van der Waals surface area contributed by atoms with E-state index in [1.165, 1.54) is 12.5 Å². The van der Waals surface area contributed by atoms with Gasteiger partial charge >= 0.3 is 11.9 Å². The molecule has 5 nitrogen and oxygen atoms in total. The molecule has 3 rings (SSSR count). The molecule has 3 aromatic carbocycles. The molecule has 0 aliphatic rings. The van der Waals surface area contributed by atoms with E-state index in [-0.39, 0.29) is 0 Å². The Hall–Kier alpha value is -4.38. The molecule has 0 amide bonds. The highest BCUT2D eigenvalue weighted by Gasteiger charge is 2.09. The number of carbonyl (C=O) groups excluding carboxylic acids is 2. The van der Waals surface area contributed by atoms with Gasteiger partial charge in [0.25, 0.3) is 0 Å². The Balaban J connectivity index is 1.66. The Labute approximate surface area is 199 Å². The van der Waals surface area contributed by atoms with Crippen LogP contribution in [0.2, 0.25) is 0 Å². The van der Waals surface area contributed by atoms with Crippen molar-refractivity contribution in [3.05, 3.63) is 109 Å². The van der Waals surface area contributed by atoms with Crippen LogP contribution in [-0.4, -0.2) is 11.9 Å². The first-order valence-corrected chi connectivity index (χ1v) is 10.6. The molecule has 0 bridgehead atoms. The van der Waals surface area contributed by atoms with Gasteiger partial charge in [0.2, 0.25) is 0 Å². The summed E-state index contributed by atoms with van der Waals surface area (Å²) in [5.41, 5.74) is 5.90. The number of rotatable bonds is 8. The minimum Gasteiger partial charge on any atom is -0.462 e. The highest BCUT2D eigenvalue weighted by molar-refractivity contribution is 5.89. The second-order valence-corrected chi connectivity index (χ2v) is 7.82. The summed E-state index contributed by atoms with van der Waals surface area (Å²) in [7, 11) is 0. The fraction of sp³-hybridized carbons (Fsp3) is 0.103. The van der Waals surface area contributed by atoms with Gasteiger partial charge in [0.15, 0.2) is 0 Å². The summed E-state index contributed by atoms with van der Waals surface area (Å²) in [5, 5.41) is 0. The van der Waals surface area contributed by atoms with Crippen LogP contribution >= 0.6 is 0 Å². The van der Waals surface area contributed by atoms with Crippen molar-refractivity contribution < 1.29 is 23.8 Å². The van der Waals surface area contributed by atoms with Crippen LogP contribution in [0.25, 0.3) is 22.3 Å². The first kappa shape index (κ1) is 24.3. The van der Waals surface area contributed by atoms with Gasteiger partial charge in [-0.2, -0.15) is 0 Å². The van der Waals surface area contributed by atoms with Crippen molar-refractivity contribution in [2.45, 2.75) is 20.8 Å². The first-order valence-electron chi connectivity index (χ1n) is 10.6. The number of hydrogen-bond donors (Lipinski definition) is 0. The molecule has 0 saturated heterocycles. The molecule has 0 aromatic heterocycles. The molecule has 172 valence electrons. The molecule has 0 atom stereocenters. The molecule has 0 aliphatic carbocycles. The summed E-state index contributed by atoms with van der Waals surface area (Å²) in [5.74, 6) is 0.175. The molecule has 0 heterocycles. The average Bonchev–Trinajstić information content (AvgIpc) is 2.82. The maximum atomic E-state index is 11.7. The Morgan fingerprint density at radius 1 is 0.706 bits per heavy atom. The van der Waals surface area contributed by atoms with Gasteiger partial charge in [-0.05, 0) is 72.9 Å². The third-order valence-electron chi connectivity index (χ3n) is 4.92. The van der Waals surface area contributed by atoms with E-state index in [4.69, 9.17) is 14.2 Å². The normalized spacial score (nSPS) is 10.6. The maximum absolute atomic E-state index is 11.7. The third-order valence-corrected chi connectivity index (χ3v) is 4.92. The number of carbonyl (C=O) groups is 2. The highest BCUT2D eigenvalue weighted by atomic mass is 16.5. The Morgan fingerprint density at radius 2 is 1.24 bits per heavy atom. The van der Waals surface area contributed by atoms with Crippen molar-refractivity contribution in [2.24, 2.45) is 0 Å². The molecule has 3 aromatic rings. The fourth-order valence-electron chi connectivity index (χ4n) is 3.08. The lowest BCUT2D eigenvalue weighted by atomic mass is 9.97. The summed E-state index contributed by atoms with van der Waals surface area (Å²) in [6.45, 7) is 12.3. The molecule has 0 unspecified atom stereocenters. The lowest BCUT2D eigenvalue weighted by molar-refractivity contribution is -0.133. The summed E-state index contributed by atoms with van der Waals surface area (Å²) in [6.07, 6.45) is 2.49. The van der Waals surface area contributed by atoms with E-state index in [2.05, 4.69) is 37.4 Å². The summed E-state index contributed by atoms with van der Waals surface area (Å²) in [6, 6.07) is 21.4. The molecular weight excluding hydrogens is 428 g/mol. The molecule has 0 radical (unpaired) electrons. The minimum absolute atomic E-state index is 0.316. The molecule has 0 N–H and O–H groups in total. The molecule has 34 heavy (non-hydrogen) atoms. The predicted molar refractivity (Wildman–Crippen MR) is 133 cm³/mol. The van der Waals surface area contributed by atoms with Crippen molar-refractivity contribution in [1.29, 1.82) is 0 Å². The van der Waals surface area contributed by atoms with E-state index >= 15 is 0 Å². The number of hydrogen-bond acceptors (Lipinski definition) is 5. The van der Waals surface area contributed by atoms with E-state index in [9.17, 15) is 9.59 Å². The third kappa shape index (κ3) is 6.33. The summed E-state index contributed by atoms with van der Waals surface area (Å²) in [4.78, 5) is 23.0. The van der Waals surface area contributed by atoms with Crippen LogP contribution in [0.4, 0.5) is 0 Å². The van der Waals surface area contributed by atoms with Crippen LogP contribution in [0.5, 0.6) is 11.5 Å². The monoisotopic (exact) mass is 454 g/mol. The van der Waals surface area contributed by atoms with Gasteiger partial charge in [-0.25, -0.2) is 9.59 Å². The molecule has 5 heteroatoms. The first-order chi connectivity index (χ1) is 16.2. The molecule has 0 spiro atoms. The van der Waals surface area contributed by atoms with Gasteiger partial charge < -0.3 is 14.2 Å². The second-order valence-electron chi connectivity index (χ2n) is 7.82. The van der Waals surface area contributed by atoms with Crippen molar-refractivity contribution in [3.8, 4) is 33.8 Å². The number of ether oxygens (including phenoxy) is 3. The quantitative estimate of drug-likeness (QED) is 0.162. The van der Waals surface area contributed by atoms with Crippen LogP contribution in [0.1, 0.15) is 19.4 Å². The van der Waals surface area contributed by atoms with Crippen molar-refractivity contribution in [1.82, 2.24) is 0 Å². The molecule has 0 saturated carbocycles. The van der Waals surface area contributed by atoms with Gasteiger partial charge in [-0.1, -0.05) is 55.6 Å². The van der Waals surface area contributed by atoms with Crippen molar-refractivity contribution >= 4 is 11.9 Å². The zero-order valence-electron chi connectivity index (χ0n) is 19.5. The Kier molecular flexibility index (Phi) is 7.83. The van der Waals surface area contributed by atoms with Gasteiger partial charge in [0, 0.05) is 11.1 Å². The highest BCUT2D eigenvalue weighted by Crippen LogP contribution is 2.30. The summed E-state index contributed by atoms with van der Waals surface area (Å²) < 4.78 is 15.6.